The number of para-hydroxylation sites is 1. The molecule has 0 heterocycles. The first-order chi connectivity index (χ1) is 15.2. The van der Waals surface area contributed by atoms with Gasteiger partial charge in [-0.3, -0.25) is 4.18 Å². The van der Waals surface area contributed by atoms with Crippen LogP contribution in [0.5, 0.6) is 17.2 Å². The SMILES string of the molecule is CCCCOc1ccc([S+](=O)(Oc2ccccc2)c2ccc(OCCCC)cc2)cc1. The summed E-state index contributed by atoms with van der Waals surface area (Å²) in [6.45, 7) is 5.60. The van der Waals surface area contributed by atoms with E-state index in [9.17, 15) is 4.21 Å². The summed E-state index contributed by atoms with van der Waals surface area (Å²) in [5.41, 5.74) is 0. The van der Waals surface area contributed by atoms with Crippen LogP contribution in [0.25, 0.3) is 0 Å². The normalized spacial score (nSPS) is 11.2. The summed E-state index contributed by atoms with van der Waals surface area (Å²) in [6, 6.07) is 23.9. The molecule has 3 aromatic carbocycles. The van der Waals surface area contributed by atoms with Gasteiger partial charge in [-0.25, -0.2) is 0 Å². The first kappa shape index (κ1) is 22.9. The van der Waals surface area contributed by atoms with Crippen molar-refractivity contribution in [3.63, 3.8) is 0 Å². The van der Waals surface area contributed by atoms with Crippen molar-refractivity contribution >= 4 is 10.2 Å². The Kier molecular flexibility index (Phi) is 8.53. The lowest BCUT2D eigenvalue weighted by Gasteiger charge is -2.13. The zero-order valence-corrected chi connectivity index (χ0v) is 19.1. The number of rotatable bonds is 12. The Bertz CT molecular complexity index is 895. The van der Waals surface area contributed by atoms with Crippen LogP contribution in [0, 0.1) is 0 Å². The molecule has 31 heavy (non-hydrogen) atoms. The molecule has 0 unspecified atom stereocenters. The second kappa shape index (κ2) is 11.6. The molecule has 0 N–H and O–H groups in total. The average Bonchev–Trinajstić information content (AvgIpc) is 2.81. The highest BCUT2D eigenvalue weighted by molar-refractivity contribution is 7.99. The Hall–Kier alpha value is -2.79. The second-order valence-corrected chi connectivity index (χ2v) is 9.36. The standard InChI is InChI=1S/C26H31O4S/c1-3-5-20-28-22-12-16-25(17-13-22)31(27,30-24-10-8-7-9-11-24)26-18-14-23(15-19-26)29-21-6-4-2/h7-19H,3-6,20-21H2,1-2H3/q+1. The molecule has 0 saturated heterocycles. The molecule has 0 atom stereocenters. The van der Waals surface area contributed by atoms with E-state index in [4.69, 9.17) is 13.7 Å². The number of hydrogen-bond donors (Lipinski definition) is 0. The molecule has 0 bridgehead atoms. The van der Waals surface area contributed by atoms with Gasteiger partial charge in [0.15, 0.2) is 5.75 Å². The summed E-state index contributed by atoms with van der Waals surface area (Å²) >= 11 is 0. The molecule has 164 valence electrons. The lowest BCUT2D eigenvalue weighted by atomic mass is 10.3. The van der Waals surface area contributed by atoms with Crippen molar-refractivity contribution in [2.45, 2.75) is 49.3 Å². The Balaban J connectivity index is 1.87. The summed E-state index contributed by atoms with van der Waals surface area (Å²) in [5.74, 6) is 2.08. The van der Waals surface area contributed by atoms with Crippen molar-refractivity contribution < 1.29 is 17.9 Å². The average molecular weight is 440 g/mol. The third-order valence-electron chi connectivity index (χ3n) is 4.76. The Labute approximate surface area is 186 Å². The van der Waals surface area contributed by atoms with E-state index in [1.165, 1.54) is 0 Å². The summed E-state index contributed by atoms with van der Waals surface area (Å²) in [6.07, 6.45) is 4.16. The smallest absolute Gasteiger partial charge is 0.325 e. The molecule has 0 spiro atoms. The predicted molar refractivity (Wildman–Crippen MR) is 125 cm³/mol. The van der Waals surface area contributed by atoms with E-state index in [-0.39, 0.29) is 0 Å². The van der Waals surface area contributed by atoms with Crippen molar-refractivity contribution in [1.29, 1.82) is 0 Å². The van der Waals surface area contributed by atoms with Gasteiger partial charge < -0.3 is 9.47 Å². The van der Waals surface area contributed by atoms with E-state index in [0.717, 1.165) is 37.2 Å². The van der Waals surface area contributed by atoms with E-state index in [1.54, 1.807) is 0 Å². The Morgan fingerprint density at radius 2 is 1.06 bits per heavy atom. The van der Waals surface area contributed by atoms with Crippen LogP contribution in [-0.2, 0) is 14.4 Å². The zero-order chi connectivity index (χ0) is 21.9. The van der Waals surface area contributed by atoms with E-state index in [1.807, 2.05) is 78.9 Å². The fourth-order valence-corrected chi connectivity index (χ4v) is 4.78. The molecule has 0 aromatic heterocycles. The van der Waals surface area contributed by atoms with Gasteiger partial charge in [-0.2, -0.15) is 0 Å². The van der Waals surface area contributed by atoms with E-state index in [2.05, 4.69) is 13.8 Å². The van der Waals surface area contributed by atoms with Crippen molar-refractivity contribution in [2.75, 3.05) is 13.2 Å². The number of hydrogen-bond acceptors (Lipinski definition) is 4. The number of benzene rings is 3. The maximum atomic E-state index is 14.2. The highest BCUT2D eigenvalue weighted by Crippen LogP contribution is 2.34. The quantitative estimate of drug-likeness (QED) is 0.226. The van der Waals surface area contributed by atoms with E-state index in [0.29, 0.717) is 28.8 Å². The van der Waals surface area contributed by atoms with Gasteiger partial charge in [-0.1, -0.05) is 44.9 Å². The summed E-state index contributed by atoms with van der Waals surface area (Å²) in [7, 11) is -2.99. The third-order valence-corrected chi connectivity index (χ3v) is 6.97. The van der Waals surface area contributed by atoms with Gasteiger partial charge in [0.25, 0.3) is 0 Å². The molecule has 5 heteroatoms. The lowest BCUT2D eigenvalue weighted by Crippen LogP contribution is -2.19. The molecule has 3 rings (SSSR count). The van der Waals surface area contributed by atoms with E-state index < -0.39 is 10.2 Å². The first-order valence-electron chi connectivity index (χ1n) is 10.9. The maximum absolute atomic E-state index is 14.2. The van der Waals surface area contributed by atoms with Crippen LogP contribution in [-0.4, -0.2) is 13.2 Å². The highest BCUT2D eigenvalue weighted by atomic mass is 32.3. The molecule has 3 aromatic rings. The van der Waals surface area contributed by atoms with Gasteiger partial charge in [0.2, 0.25) is 9.79 Å². The van der Waals surface area contributed by atoms with E-state index >= 15 is 0 Å². The van der Waals surface area contributed by atoms with Gasteiger partial charge in [-0.15, -0.1) is 0 Å². The molecule has 4 nitrogen and oxygen atoms in total. The molecular weight excluding hydrogens is 408 g/mol. The summed E-state index contributed by atoms with van der Waals surface area (Å²) in [5, 5.41) is 0. The molecule has 0 aliphatic heterocycles. The monoisotopic (exact) mass is 439 g/mol. The molecule has 0 amide bonds. The molecular formula is C26H31O4S+. The Morgan fingerprint density at radius 3 is 1.48 bits per heavy atom. The van der Waals surface area contributed by atoms with Gasteiger partial charge in [0, 0.05) is 24.3 Å². The fraction of sp³-hybridized carbons (Fsp3) is 0.308. The minimum absolute atomic E-state index is 0.555. The largest absolute Gasteiger partial charge is 0.494 e. The molecule has 0 fully saturated rings. The van der Waals surface area contributed by atoms with Gasteiger partial charge in [0.1, 0.15) is 11.5 Å². The van der Waals surface area contributed by atoms with Gasteiger partial charge in [0.05, 0.1) is 13.2 Å². The van der Waals surface area contributed by atoms with Crippen LogP contribution >= 0.6 is 0 Å². The molecule has 0 saturated carbocycles. The predicted octanol–water partition coefficient (Wildman–Crippen LogP) is 6.96. The van der Waals surface area contributed by atoms with Crippen LogP contribution < -0.4 is 13.7 Å². The van der Waals surface area contributed by atoms with Crippen molar-refractivity contribution in [3.05, 3.63) is 78.9 Å². The molecule has 0 aliphatic carbocycles. The summed E-state index contributed by atoms with van der Waals surface area (Å²) < 4.78 is 31.8. The third kappa shape index (κ3) is 6.34. The Morgan fingerprint density at radius 1 is 0.613 bits per heavy atom. The first-order valence-corrected chi connectivity index (χ1v) is 12.4. The number of ether oxygens (including phenoxy) is 2. The van der Waals surface area contributed by atoms with Gasteiger partial charge in [-0.05, 0) is 53.4 Å². The van der Waals surface area contributed by atoms with Crippen LogP contribution in [0.4, 0.5) is 0 Å². The highest BCUT2D eigenvalue weighted by Gasteiger charge is 2.38. The minimum atomic E-state index is -2.99. The maximum Gasteiger partial charge on any atom is 0.325 e. The van der Waals surface area contributed by atoms with Crippen molar-refractivity contribution in [2.24, 2.45) is 0 Å². The topological polar surface area (TPSA) is 44.8 Å². The lowest BCUT2D eigenvalue weighted by molar-refractivity contribution is 0.309. The zero-order valence-electron chi connectivity index (χ0n) is 18.3. The van der Waals surface area contributed by atoms with Crippen LogP contribution in [0.15, 0.2) is 88.7 Å². The summed E-state index contributed by atoms with van der Waals surface area (Å²) in [4.78, 5) is 1.19. The molecule has 0 radical (unpaired) electrons. The number of unbranched alkanes of at least 4 members (excludes halogenated alkanes) is 2. The van der Waals surface area contributed by atoms with Gasteiger partial charge >= 0.3 is 10.2 Å². The van der Waals surface area contributed by atoms with Crippen LogP contribution in [0.3, 0.4) is 0 Å². The second-order valence-electron chi connectivity index (χ2n) is 7.25. The molecule has 0 aliphatic rings. The fourth-order valence-electron chi connectivity index (χ4n) is 2.94. The minimum Gasteiger partial charge on any atom is -0.494 e. The van der Waals surface area contributed by atoms with Crippen LogP contribution in [0.2, 0.25) is 0 Å². The van der Waals surface area contributed by atoms with Crippen LogP contribution in [0.1, 0.15) is 39.5 Å². The van der Waals surface area contributed by atoms with Crippen molar-refractivity contribution in [1.82, 2.24) is 0 Å². The van der Waals surface area contributed by atoms with Crippen molar-refractivity contribution in [3.8, 4) is 17.2 Å².